The van der Waals surface area contributed by atoms with Crippen molar-refractivity contribution in [3.63, 3.8) is 0 Å². The van der Waals surface area contributed by atoms with E-state index in [1.165, 1.54) is 0 Å². The van der Waals surface area contributed by atoms with Crippen LogP contribution in [0.2, 0.25) is 5.15 Å². The highest BCUT2D eigenvalue weighted by molar-refractivity contribution is 6.29. The summed E-state index contributed by atoms with van der Waals surface area (Å²) in [5, 5.41) is 7.23. The summed E-state index contributed by atoms with van der Waals surface area (Å²) in [6.07, 6.45) is 3.85. The first-order valence-corrected chi connectivity index (χ1v) is 9.09. The van der Waals surface area contributed by atoms with Gasteiger partial charge in [-0.15, -0.1) is 0 Å². The van der Waals surface area contributed by atoms with Gasteiger partial charge in [-0.1, -0.05) is 31.5 Å². The normalized spacial score (nSPS) is 13.4. The molecule has 2 N–H and O–H groups in total. The molecule has 5 nitrogen and oxygen atoms in total. The van der Waals surface area contributed by atoms with E-state index in [1.807, 2.05) is 18.3 Å². The Labute approximate surface area is 151 Å². The van der Waals surface area contributed by atoms with Crippen molar-refractivity contribution < 1.29 is 0 Å². The molecule has 1 rings (SSSR count). The average Bonchev–Trinajstić information content (AvgIpc) is 2.52. The van der Waals surface area contributed by atoms with Crippen LogP contribution in [0.4, 0.5) is 0 Å². The van der Waals surface area contributed by atoms with Crippen molar-refractivity contribution in [2.75, 3.05) is 33.7 Å². The van der Waals surface area contributed by atoms with Crippen molar-refractivity contribution in [1.82, 2.24) is 20.5 Å². The number of pyridine rings is 1. The van der Waals surface area contributed by atoms with Gasteiger partial charge in [0.25, 0.3) is 0 Å². The molecule has 6 heteroatoms. The van der Waals surface area contributed by atoms with E-state index in [1.54, 1.807) is 0 Å². The first kappa shape index (κ1) is 20.7. The fraction of sp³-hybridized carbons (Fsp3) is 0.667. The number of guanidine groups is 1. The van der Waals surface area contributed by atoms with Crippen molar-refractivity contribution in [1.29, 1.82) is 0 Å². The maximum atomic E-state index is 5.81. The highest BCUT2D eigenvalue weighted by atomic mass is 35.5. The highest BCUT2D eigenvalue weighted by Crippen LogP contribution is 2.09. The predicted octanol–water partition coefficient (Wildman–Crippen LogP) is 2.81. The molecule has 1 heterocycles. The molecule has 0 aliphatic carbocycles. The Hall–Kier alpha value is -1.33. The molecule has 0 saturated carbocycles. The zero-order valence-electron chi connectivity index (χ0n) is 15.6. The SMILES string of the molecule is CCNC(=NCC(CC(C)C)N(C)C)NCCc1ccc(Cl)nc1. The van der Waals surface area contributed by atoms with Gasteiger partial charge in [0.2, 0.25) is 0 Å². The van der Waals surface area contributed by atoms with E-state index in [0.29, 0.717) is 17.1 Å². The van der Waals surface area contributed by atoms with Crippen LogP contribution in [0.5, 0.6) is 0 Å². The smallest absolute Gasteiger partial charge is 0.191 e. The van der Waals surface area contributed by atoms with Crippen LogP contribution in [0, 0.1) is 5.92 Å². The number of halogens is 1. The second-order valence-corrected chi connectivity index (χ2v) is 7.02. The van der Waals surface area contributed by atoms with E-state index < -0.39 is 0 Å². The molecule has 0 aliphatic rings. The van der Waals surface area contributed by atoms with E-state index >= 15 is 0 Å². The van der Waals surface area contributed by atoms with Crippen LogP contribution < -0.4 is 10.6 Å². The Bertz CT molecular complexity index is 485. The second kappa shape index (κ2) is 11.3. The van der Waals surface area contributed by atoms with Crippen molar-refractivity contribution >= 4 is 17.6 Å². The molecule has 136 valence electrons. The van der Waals surface area contributed by atoms with Gasteiger partial charge in [-0.3, -0.25) is 4.99 Å². The molecule has 0 bridgehead atoms. The highest BCUT2D eigenvalue weighted by Gasteiger charge is 2.13. The lowest BCUT2D eigenvalue weighted by Gasteiger charge is -2.24. The van der Waals surface area contributed by atoms with E-state index in [9.17, 15) is 0 Å². The summed E-state index contributed by atoms with van der Waals surface area (Å²) < 4.78 is 0. The summed E-state index contributed by atoms with van der Waals surface area (Å²) in [5.74, 6) is 1.54. The van der Waals surface area contributed by atoms with Crippen LogP contribution >= 0.6 is 11.6 Å². The van der Waals surface area contributed by atoms with Gasteiger partial charge in [0, 0.05) is 25.3 Å². The molecule has 1 aromatic rings. The molecule has 0 spiro atoms. The molecule has 0 aromatic carbocycles. The Morgan fingerprint density at radius 1 is 1.29 bits per heavy atom. The average molecular weight is 354 g/mol. The van der Waals surface area contributed by atoms with Crippen LogP contribution in [0.3, 0.4) is 0 Å². The number of aromatic nitrogens is 1. The first-order chi connectivity index (χ1) is 11.4. The van der Waals surface area contributed by atoms with Gasteiger partial charge >= 0.3 is 0 Å². The zero-order chi connectivity index (χ0) is 17.9. The van der Waals surface area contributed by atoms with Gasteiger partial charge in [0.1, 0.15) is 5.15 Å². The summed E-state index contributed by atoms with van der Waals surface area (Å²) in [4.78, 5) is 11.1. The molecule has 0 fully saturated rings. The number of rotatable bonds is 9. The molecule has 1 atom stereocenters. The molecular weight excluding hydrogens is 322 g/mol. The molecule has 24 heavy (non-hydrogen) atoms. The number of nitrogens with one attached hydrogen (secondary N) is 2. The fourth-order valence-electron chi connectivity index (χ4n) is 2.41. The van der Waals surface area contributed by atoms with Crippen molar-refractivity contribution in [2.24, 2.45) is 10.9 Å². The second-order valence-electron chi connectivity index (χ2n) is 6.63. The van der Waals surface area contributed by atoms with Gasteiger partial charge in [-0.25, -0.2) is 4.98 Å². The topological polar surface area (TPSA) is 52.6 Å². The van der Waals surface area contributed by atoms with Crippen LogP contribution in [-0.4, -0.2) is 55.6 Å². The predicted molar refractivity (Wildman–Crippen MR) is 104 cm³/mol. The number of hydrogen-bond donors (Lipinski definition) is 2. The molecule has 1 unspecified atom stereocenters. The van der Waals surface area contributed by atoms with E-state index in [4.69, 9.17) is 16.6 Å². The van der Waals surface area contributed by atoms with E-state index in [0.717, 1.165) is 44.0 Å². The van der Waals surface area contributed by atoms with Gasteiger partial charge in [-0.2, -0.15) is 0 Å². The van der Waals surface area contributed by atoms with Crippen LogP contribution in [0.15, 0.2) is 23.3 Å². The summed E-state index contributed by atoms with van der Waals surface area (Å²) in [6, 6.07) is 4.29. The summed E-state index contributed by atoms with van der Waals surface area (Å²) >= 11 is 5.81. The molecule has 0 aliphatic heterocycles. The largest absolute Gasteiger partial charge is 0.357 e. The summed E-state index contributed by atoms with van der Waals surface area (Å²) in [5.41, 5.74) is 1.16. The molecule has 0 radical (unpaired) electrons. The lowest BCUT2D eigenvalue weighted by molar-refractivity contribution is 0.261. The van der Waals surface area contributed by atoms with Crippen molar-refractivity contribution in [3.8, 4) is 0 Å². The molecular formula is C18H32ClN5. The Morgan fingerprint density at radius 3 is 2.58 bits per heavy atom. The Morgan fingerprint density at radius 2 is 2.04 bits per heavy atom. The van der Waals surface area contributed by atoms with Crippen LogP contribution in [0.1, 0.15) is 32.8 Å². The molecule has 0 amide bonds. The zero-order valence-corrected chi connectivity index (χ0v) is 16.4. The maximum Gasteiger partial charge on any atom is 0.191 e. The number of hydrogen-bond acceptors (Lipinski definition) is 3. The van der Waals surface area contributed by atoms with Gasteiger partial charge in [-0.05, 0) is 51.4 Å². The first-order valence-electron chi connectivity index (χ1n) is 8.71. The third-order valence-electron chi connectivity index (χ3n) is 3.77. The number of aliphatic imine (C=N–C) groups is 1. The van der Waals surface area contributed by atoms with Gasteiger partial charge in [0.05, 0.1) is 6.54 Å². The lowest BCUT2D eigenvalue weighted by Crippen LogP contribution is -2.40. The minimum absolute atomic E-state index is 0.459. The standard InChI is InChI=1S/C18H32ClN5/c1-6-20-18(23-13-16(24(4)5)11-14(2)3)21-10-9-15-7-8-17(19)22-12-15/h7-8,12,14,16H,6,9-11,13H2,1-5H3,(H2,20,21,23). The van der Waals surface area contributed by atoms with Crippen molar-refractivity contribution in [3.05, 3.63) is 29.0 Å². The third kappa shape index (κ3) is 8.50. The fourth-order valence-corrected chi connectivity index (χ4v) is 2.52. The monoisotopic (exact) mass is 353 g/mol. The van der Waals surface area contributed by atoms with Crippen molar-refractivity contribution in [2.45, 2.75) is 39.7 Å². The molecule has 1 aromatic heterocycles. The Balaban J connectivity index is 2.53. The number of likely N-dealkylation sites (N-methyl/N-ethyl adjacent to an activating group) is 1. The maximum absolute atomic E-state index is 5.81. The summed E-state index contributed by atoms with van der Waals surface area (Å²) in [6.45, 7) is 9.05. The quantitative estimate of drug-likeness (QED) is 0.407. The number of nitrogens with zero attached hydrogens (tertiary/aromatic N) is 3. The van der Waals surface area contributed by atoms with Gasteiger partial charge < -0.3 is 15.5 Å². The van der Waals surface area contributed by atoms with E-state index in [-0.39, 0.29) is 0 Å². The minimum atomic E-state index is 0.459. The van der Waals surface area contributed by atoms with Gasteiger partial charge in [0.15, 0.2) is 5.96 Å². The molecule has 0 saturated heterocycles. The lowest BCUT2D eigenvalue weighted by atomic mass is 10.0. The van der Waals surface area contributed by atoms with Crippen LogP contribution in [0.25, 0.3) is 0 Å². The third-order valence-corrected chi connectivity index (χ3v) is 4.00. The Kier molecular flexibility index (Phi) is 9.72. The van der Waals surface area contributed by atoms with Crippen LogP contribution in [-0.2, 0) is 6.42 Å². The van der Waals surface area contributed by atoms with E-state index in [2.05, 4.69) is 55.4 Å². The summed E-state index contributed by atoms with van der Waals surface area (Å²) in [7, 11) is 4.24. The minimum Gasteiger partial charge on any atom is -0.357 e.